The number of urea groups is 1. The molecule has 0 spiro atoms. The van der Waals surface area contributed by atoms with Gasteiger partial charge in [-0.3, -0.25) is 0 Å². The minimum atomic E-state index is -0.359. The number of hydrogen-bond donors (Lipinski definition) is 2. The van der Waals surface area contributed by atoms with Crippen molar-refractivity contribution in [2.24, 2.45) is 0 Å². The van der Waals surface area contributed by atoms with Gasteiger partial charge in [-0.2, -0.15) is 0 Å². The Labute approximate surface area is 129 Å². The first-order chi connectivity index (χ1) is 10.6. The minimum Gasteiger partial charge on any atom is -0.375 e. The lowest BCUT2D eigenvalue weighted by Crippen LogP contribution is -2.33. The number of rotatable bonds is 5. The molecule has 0 radical (unpaired) electrons. The third kappa shape index (κ3) is 4.30. The van der Waals surface area contributed by atoms with Crippen LogP contribution in [-0.2, 0) is 4.74 Å². The first-order valence-corrected chi connectivity index (χ1v) is 6.99. The SMILES string of the molecule is COC(CNC(=O)Nc1ccc(F)cc1)c1ccccc1C. The molecule has 22 heavy (non-hydrogen) atoms. The average Bonchev–Trinajstić information content (AvgIpc) is 2.52. The Morgan fingerprint density at radius 2 is 1.86 bits per heavy atom. The van der Waals surface area contributed by atoms with Crippen LogP contribution in [0.5, 0.6) is 0 Å². The molecule has 2 amide bonds. The van der Waals surface area contributed by atoms with E-state index in [9.17, 15) is 9.18 Å². The number of carbonyl (C=O) groups excluding carboxylic acids is 1. The van der Waals surface area contributed by atoms with Crippen LogP contribution in [-0.4, -0.2) is 19.7 Å². The highest BCUT2D eigenvalue weighted by atomic mass is 19.1. The molecule has 116 valence electrons. The first-order valence-electron chi connectivity index (χ1n) is 6.99. The molecule has 0 fully saturated rings. The number of hydrogen-bond acceptors (Lipinski definition) is 2. The number of ether oxygens (including phenoxy) is 1. The smallest absolute Gasteiger partial charge is 0.319 e. The normalized spacial score (nSPS) is 11.8. The fourth-order valence-electron chi connectivity index (χ4n) is 2.16. The van der Waals surface area contributed by atoms with Crippen molar-refractivity contribution < 1.29 is 13.9 Å². The summed E-state index contributed by atoms with van der Waals surface area (Å²) in [6.45, 7) is 2.34. The van der Waals surface area contributed by atoms with Gasteiger partial charge in [0.05, 0.1) is 6.10 Å². The van der Waals surface area contributed by atoms with E-state index in [1.54, 1.807) is 7.11 Å². The van der Waals surface area contributed by atoms with Crippen LogP contribution in [0.2, 0.25) is 0 Å². The van der Waals surface area contributed by atoms with E-state index in [4.69, 9.17) is 4.74 Å². The van der Waals surface area contributed by atoms with Crippen LogP contribution < -0.4 is 10.6 Å². The molecule has 2 N–H and O–H groups in total. The van der Waals surface area contributed by atoms with Crippen molar-refractivity contribution in [3.05, 3.63) is 65.5 Å². The molecule has 0 aliphatic carbocycles. The lowest BCUT2D eigenvalue weighted by Gasteiger charge is -2.18. The molecule has 0 aliphatic heterocycles. The van der Waals surface area contributed by atoms with Crippen LogP contribution in [0, 0.1) is 12.7 Å². The Kier molecular flexibility index (Phi) is 5.49. The zero-order valence-corrected chi connectivity index (χ0v) is 12.6. The molecule has 1 atom stereocenters. The van der Waals surface area contributed by atoms with Crippen molar-refractivity contribution in [1.29, 1.82) is 0 Å². The van der Waals surface area contributed by atoms with Crippen LogP contribution in [0.4, 0.5) is 14.9 Å². The Bertz CT molecular complexity index is 629. The van der Waals surface area contributed by atoms with Gasteiger partial charge >= 0.3 is 6.03 Å². The van der Waals surface area contributed by atoms with Gasteiger partial charge in [-0.15, -0.1) is 0 Å². The molecule has 4 nitrogen and oxygen atoms in total. The van der Waals surface area contributed by atoms with Gasteiger partial charge < -0.3 is 15.4 Å². The summed E-state index contributed by atoms with van der Waals surface area (Å²) < 4.78 is 18.2. The van der Waals surface area contributed by atoms with E-state index >= 15 is 0 Å². The summed E-state index contributed by atoms with van der Waals surface area (Å²) in [7, 11) is 1.61. The van der Waals surface area contributed by atoms with Crippen molar-refractivity contribution in [3.8, 4) is 0 Å². The van der Waals surface area contributed by atoms with Gasteiger partial charge in [0, 0.05) is 19.3 Å². The van der Waals surface area contributed by atoms with E-state index in [1.807, 2.05) is 31.2 Å². The molecule has 0 aliphatic rings. The highest BCUT2D eigenvalue weighted by Crippen LogP contribution is 2.19. The molecular formula is C17H19FN2O2. The molecule has 0 saturated carbocycles. The predicted molar refractivity (Wildman–Crippen MR) is 84.4 cm³/mol. The molecule has 2 rings (SSSR count). The molecule has 2 aromatic rings. The monoisotopic (exact) mass is 302 g/mol. The summed E-state index contributed by atoms with van der Waals surface area (Å²) in [6.07, 6.45) is -0.222. The Balaban J connectivity index is 1.91. The lowest BCUT2D eigenvalue weighted by atomic mass is 10.0. The number of anilines is 1. The van der Waals surface area contributed by atoms with E-state index in [2.05, 4.69) is 10.6 Å². The van der Waals surface area contributed by atoms with Crippen molar-refractivity contribution in [3.63, 3.8) is 0 Å². The number of benzene rings is 2. The van der Waals surface area contributed by atoms with Crippen LogP contribution in [0.25, 0.3) is 0 Å². The van der Waals surface area contributed by atoms with Crippen LogP contribution in [0.3, 0.4) is 0 Å². The second-order valence-corrected chi connectivity index (χ2v) is 4.92. The van der Waals surface area contributed by atoms with E-state index < -0.39 is 0 Å². The van der Waals surface area contributed by atoms with Crippen LogP contribution in [0.1, 0.15) is 17.2 Å². The van der Waals surface area contributed by atoms with Gasteiger partial charge in [0.1, 0.15) is 5.82 Å². The lowest BCUT2D eigenvalue weighted by molar-refractivity contribution is 0.104. The Hall–Kier alpha value is -2.40. The van der Waals surface area contributed by atoms with Crippen LogP contribution in [0.15, 0.2) is 48.5 Å². The Morgan fingerprint density at radius 1 is 1.18 bits per heavy atom. The molecule has 5 heteroatoms. The predicted octanol–water partition coefficient (Wildman–Crippen LogP) is 3.64. The summed E-state index contributed by atoms with van der Waals surface area (Å²) in [5.41, 5.74) is 2.67. The molecule has 1 unspecified atom stereocenters. The maximum absolute atomic E-state index is 12.8. The van der Waals surface area contributed by atoms with Crippen molar-refractivity contribution in [1.82, 2.24) is 5.32 Å². The first kappa shape index (κ1) is 16.0. The maximum atomic E-state index is 12.8. The van der Waals surface area contributed by atoms with E-state index in [0.717, 1.165) is 11.1 Å². The topological polar surface area (TPSA) is 50.4 Å². The number of halogens is 1. The third-order valence-corrected chi connectivity index (χ3v) is 3.37. The molecule has 0 heterocycles. The van der Waals surface area contributed by atoms with Crippen molar-refractivity contribution >= 4 is 11.7 Å². The zero-order valence-electron chi connectivity index (χ0n) is 12.6. The van der Waals surface area contributed by atoms with E-state index in [0.29, 0.717) is 12.2 Å². The van der Waals surface area contributed by atoms with Gasteiger partial charge in [0.25, 0.3) is 0 Å². The number of amides is 2. The second-order valence-electron chi connectivity index (χ2n) is 4.92. The molecule has 0 aromatic heterocycles. The van der Waals surface area contributed by atoms with Gasteiger partial charge in [-0.25, -0.2) is 9.18 Å². The standard InChI is InChI=1S/C17H19FN2O2/c1-12-5-3-4-6-15(12)16(22-2)11-19-17(21)20-14-9-7-13(18)8-10-14/h3-10,16H,11H2,1-2H3,(H2,19,20,21). The number of nitrogens with one attached hydrogen (secondary N) is 2. The Morgan fingerprint density at radius 3 is 2.50 bits per heavy atom. The number of methoxy groups -OCH3 is 1. The third-order valence-electron chi connectivity index (χ3n) is 3.37. The van der Waals surface area contributed by atoms with E-state index in [-0.39, 0.29) is 18.0 Å². The summed E-state index contributed by atoms with van der Waals surface area (Å²) in [5.74, 6) is -0.343. The van der Waals surface area contributed by atoms with Gasteiger partial charge in [-0.05, 0) is 42.3 Å². The average molecular weight is 302 g/mol. The van der Waals surface area contributed by atoms with Crippen molar-refractivity contribution in [2.75, 3.05) is 19.0 Å². The van der Waals surface area contributed by atoms with Gasteiger partial charge in [0.2, 0.25) is 0 Å². The zero-order chi connectivity index (χ0) is 15.9. The number of carbonyl (C=O) groups is 1. The largest absolute Gasteiger partial charge is 0.375 e. The summed E-state index contributed by atoms with van der Waals surface area (Å²) in [4.78, 5) is 11.9. The summed E-state index contributed by atoms with van der Waals surface area (Å²) in [5, 5.41) is 5.40. The summed E-state index contributed by atoms with van der Waals surface area (Å²) >= 11 is 0. The molecule has 0 bridgehead atoms. The van der Waals surface area contributed by atoms with Gasteiger partial charge in [0.15, 0.2) is 0 Å². The molecular weight excluding hydrogens is 283 g/mol. The molecule has 2 aromatic carbocycles. The van der Waals surface area contributed by atoms with Gasteiger partial charge in [-0.1, -0.05) is 24.3 Å². The highest BCUT2D eigenvalue weighted by Gasteiger charge is 2.13. The second kappa shape index (κ2) is 7.56. The van der Waals surface area contributed by atoms with Crippen molar-refractivity contribution in [2.45, 2.75) is 13.0 Å². The van der Waals surface area contributed by atoms with E-state index in [1.165, 1.54) is 24.3 Å². The fourth-order valence-corrected chi connectivity index (χ4v) is 2.16. The minimum absolute atomic E-state index is 0.222. The highest BCUT2D eigenvalue weighted by molar-refractivity contribution is 5.89. The fraction of sp³-hybridized carbons (Fsp3) is 0.235. The summed E-state index contributed by atoms with van der Waals surface area (Å²) in [6, 6.07) is 13.1. The van der Waals surface area contributed by atoms with Crippen LogP contribution >= 0.6 is 0 Å². The molecule has 0 saturated heterocycles. The quantitative estimate of drug-likeness (QED) is 0.886. The maximum Gasteiger partial charge on any atom is 0.319 e. The number of aryl methyl sites for hydroxylation is 1.